The summed E-state index contributed by atoms with van der Waals surface area (Å²) in [6, 6.07) is 11.5. The quantitative estimate of drug-likeness (QED) is 0.453. The number of carbonyl (C=O) groups excluding carboxylic acids is 1. The second-order valence-electron chi connectivity index (χ2n) is 6.15. The first-order valence-electron chi connectivity index (χ1n) is 8.47. The number of anilines is 1. The molecule has 3 aromatic rings. The number of amides is 1. The van der Waals surface area contributed by atoms with Gasteiger partial charge in [-0.2, -0.15) is 5.26 Å². The van der Waals surface area contributed by atoms with Gasteiger partial charge in [-0.25, -0.2) is 0 Å². The Balaban J connectivity index is 1.63. The van der Waals surface area contributed by atoms with Crippen LogP contribution in [0.4, 0.5) is 5.69 Å². The van der Waals surface area contributed by atoms with Gasteiger partial charge in [0.05, 0.1) is 5.75 Å². The summed E-state index contributed by atoms with van der Waals surface area (Å²) >= 11 is 2.29. The van der Waals surface area contributed by atoms with Gasteiger partial charge in [-0.3, -0.25) is 4.79 Å². The fourth-order valence-electron chi connectivity index (χ4n) is 2.73. The standard InChI is InChI=1S/C20H18N4O2S2/c1-12-6-4-5-7-16(12)19-23-24-20(26-19)27-10-17(25)22-18-13(2)8-15(28-11-21)9-14(18)3/h4-9H,10H2,1-3H3,(H,22,25). The van der Waals surface area contributed by atoms with Crippen molar-refractivity contribution in [2.24, 2.45) is 0 Å². The molecule has 1 amide bonds. The molecule has 0 unspecified atom stereocenters. The van der Waals surface area contributed by atoms with Gasteiger partial charge >= 0.3 is 0 Å². The minimum atomic E-state index is -0.160. The SMILES string of the molecule is Cc1ccccc1-c1nnc(SCC(=O)Nc2c(C)cc(SC#N)cc2C)o1. The fourth-order valence-corrected chi connectivity index (χ4v) is 3.87. The largest absolute Gasteiger partial charge is 0.411 e. The maximum atomic E-state index is 12.4. The van der Waals surface area contributed by atoms with Crippen molar-refractivity contribution in [1.82, 2.24) is 10.2 Å². The Morgan fingerprint density at radius 2 is 1.86 bits per heavy atom. The molecule has 0 aliphatic rings. The van der Waals surface area contributed by atoms with Gasteiger partial charge in [0, 0.05) is 16.1 Å². The van der Waals surface area contributed by atoms with Gasteiger partial charge in [-0.1, -0.05) is 30.0 Å². The number of nitriles is 1. The Labute approximate surface area is 171 Å². The lowest BCUT2D eigenvalue weighted by Crippen LogP contribution is -2.15. The summed E-state index contributed by atoms with van der Waals surface area (Å²) in [5.74, 6) is 0.439. The van der Waals surface area contributed by atoms with Gasteiger partial charge in [-0.05, 0) is 67.4 Å². The molecule has 1 aromatic heterocycles. The van der Waals surface area contributed by atoms with Crippen LogP contribution < -0.4 is 5.32 Å². The Hall–Kier alpha value is -2.76. The molecule has 0 aliphatic heterocycles. The minimum Gasteiger partial charge on any atom is -0.411 e. The highest BCUT2D eigenvalue weighted by Crippen LogP contribution is 2.28. The van der Waals surface area contributed by atoms with E-state index in [9.17, 15) is 4.79 Å². The van der Waals surface area contributed by atoms with Crippen LogP contribution in [0.1, 0.15) is 16.7 Å². The molecule has 0 spiro atoms. The molecule has 1 heterocycles. The monoisotopic (exact) mass is 410 g/mol. The zero-order valence-corrected chi connectivity index (χ0v) is 17.3. The van der Waals surface area contributed by atoms with Gasteiger partial charge in [0.15, 0.2) is 0 Å². The highest BCUT2D eigenvalue weighted by molar-refractivity contribution is 8.03. The van der Waals surface area contributed by atoms with Crippen molar-refractivity contribution >= 4 is 35.1 Å². The van der Waals surface area contributed by atoms with E-state index >= 15 is 0 Å². The van der Waals surface area contributed by atoms with Gasteiger partial charge in [-0.15, -0.1) is 10.2 Å². The van der Waals surface area contributed by atoms with Crippen molar-refractivity contribution < 1.29 is 9.21 Å². The molecule has 0 saturated carbocycles. The first-order chi connectivity index (χ1) is 13.5. The van der Waals surface area contributed by atoms with E-state index in [-0.39, 0.29) is 11.7 Å². The topological polar surface area (TPSA) is 91.8 Å². The third kappa shape index (κ3) is 4.74. The molecule has 142 valence electrons. The summed E-state index contributed by atoms with van der Waals surface area (Å²) in [7, 11) is 0. The number of thioether (sulfide) groups is 2. The molecule has 0 aliphatic carbocycles. The number of aryl methyl sites for hydroxylation is 3. The molecule has 6 nitrogen and oxygen atoms in total. The molecule has 0 fully saturated rings. The number of hydrogen-bond donors (Lipinski definition) is 1. The van der Waals surface area contributed by atoms with Crippen molar-refractivity contribution in [2.45, 2.75) is 30.9 Å². The van der Waals surface area contributed by atoms with E-state index < -0.39 is 0 Å². The van der Waals surface area contributed by atoms with Crippen LogP contribution in [-0.2, 0) is 4.79 Å². The molecule has 0 bridgehead atoms. The van der Waals surface area contributed by atoms with Crippen LogP contribution in [0, 0.1) is 31.4 Å². The van der Waals surface area contributed by atoms with Gasteiger partial charge in [0.1, 0.15) is 5.40 Å². The number of aromatic nitrogens is 2. The molecule has 8 heteroatoms. The Morgan fingerprint density at radius 3 is 2.54 bits per heavy atom. The average molecular weight is 411 g/mol. The van der Waals surface area contributed by atoms with Crippen LogP contribution in [0.5, 0.6) is 0 Å². The Kier molecular flexibility index (Phi) is 6.39. The lowest BCUT2D eigenvalue weighted by Gasteiger charge is -2.12. The van der Waals surface area contributed by atoms with E-state index in [1.807, 2.05) is 57.2 Å². The van der Waals surface area contributed by atoms with Crippen molar-refractivity contribution in [2.75, 3.05) is 11.1 Å². The van der Waals surface area contributed by atoms with E-state index in [4.69, 9.17) is 9.68 Å². The molecular weight excluding hydrogens is 392 g/mol. The van der Waals surface area contributed by atoms with Crippen LogP contribution in [0.15, 0.2) is 50.9 Å². The molecule has 1 N–H and O–H groups in total. The molecule has 0 atom stereocenters. The molecule has 28 heavy (non-hydrogen) atoms. The van der Waals surface area contributed by atoms with Crippen LogP contribution in [0.3, 0.4) is 0 Å². The Morgan fingerprint density at radius 1 is 1.14 bits per heavy atom. The average Bonchev–Trinajstić information content (AvgIpc) is 3.12. The number of carbonyl (C=O) groups is 1. The maximum Gasteiger partial charge on any atom is 0.277 e. The third-order valence-electron chi connectivity index (χ3n) is 4.04. The predicted octanol–water partition coefficient (Wildman–Crippen LogP) is 4.97. The number of hydrogen-bond acceptors (Lipinski definition) is 7. The zero-order valence-electron chi connectivity index (χ0n) is 15.6. The van der Waals surface area contributed by atoms with Gasteiger partial charge in [0.2, 0.25) is 11.8 Å². The lowest BCUT2D eigenvalue weighted by atomic mass is 10.1. The van der Waals surface area contributed by atoms with E-state index in [1.54, 1.807) is 0 Å². The van der Waals surface area contributed by atoms with Gasteiger partial charge < -0.3 is 9.73 Å². The smallest absolute Gasteiger partial charge is 0.277 e. The number of nitrogens with zero attached hydrogens (tertiary/aromatic N) is 3. The molecular formula is C20H18N4O2S2. The summed E-state index contributed by atoms with van der Waals surface area (Å²) < 4.78 is 5.67. The fraction of sp³-hybridized carbons (Fsp3) is 0.200. The summed E-state index contributed by atoms with van der Waals surface area (Å²) in [6.45, 7) is 5.79. The summed E-state index contributed by atoms with van der Waals surface area (Å²) in [6.07, 6.45) is 0. The van der Waals surface area contributed by atoms with E-state index in [0.29, 0.717) is 11.1 Å². The molecule has 0 saturated heterocycles. The number of nitrogens with one attached hydrogen (secondary N) is 1. The minimum absolute atomic E-state index is 0.156. The second kappa shape index (κ2) is 8.95. The molecule has 2 aromatic carbocycles. The van der Waals surface area contributed by atoms with Crippen LogP contribution in [0.25, 0.3) is 11.5 Å². The zero-order chi connectivity index (χ0) is 20.1. The maximum absolute atomic E-state index is 12.4. The van der Waals surface area contributed by atoms with Crippen molar-refractivity contribution in [3.8, 4) is 16.9 Å². The third-order valence-corrected chi connectivity index (χ3v) is 5.42. The first-order valence-corrected chi connectivity index (χ1v) is 10.3. The van der Waals surface area contributed by atoms with Crippen LogP contribution in [-0.4, -0.2) is 21.9 Å². The molecule has 0 radical (unpaired) electrons. The first kappa shape index (κ1) is 20.0. The summed E-state index contributed by atoms with van der Waals surface area (Å²) in [5, 5.41) is 22.2. The summed E-state index contributed by atoms with van der Waals surface area (Å²) in [5.41, 5.74) is 4.52. The normalized spacial score (nSPS) is 10.5. The second-order valence-corrected chi connectivity index (χ2v) is 7.94. The van der Waals surface area contributed by atoms with Crippen molar-refractivity contribution in [1.29, 1.82) is 5.26 Å². The van der Waals surface area contributed by atoms with Gasteiger partial charge in [0.25, 0.3) is 5.22 Å². The predicted molar refractivity (Wildman–Crippen MR) is 111 cm³/mol. The highest BCUT2D eigenvalue weighted by Gasteiger charge is 2.14. The number of benzene rings is 2. The van der Waals surface area contributed by atoms with Crippen LogP contribution >= 0.6 is 23.5 Å². The molecule has 3 rings (SSSR count). The highest BCUT2D eigenvalue weighted by atomic mass is 32.2. The van der Waals surface area contributed by atoms with Crippen molar-refractivity contribution in [3.63, 3.8) is 0 Å². The lowest BCUT2D eigenvalue weighted by molar-refractivity contribution is -0.113. The Bertz CT molecular complexity index is 1030. The number of rotatable bonds is 6. The van der Waals surface area contributed by atoms with Crippen LogP contribution in [0.2, 0.25) is 0 Å². The number of thiocyanates is 1. The van der Waals surface area contributed by atoms with E-state index in [2.05, 4.69) is 20.9 Å². The summed E-state index contributed by atoms with van der Waals surface area (Å²) in [4.78, 5) is 13.2. The van der Waals surface area contributed by atoms with E-state index in [0.717, 1.165) is 44.6 Å². The van der Waals surface area contributed by atoms with Crippen molar-refractivity contribution in [3.05, 3.63) is 53.1 Å². The van der Waals surface area contributed by atoms with E-state index in [1.165, 1.54) is 11.8 Å².